The number of nitrogens with one attached hydrogen (secondary N) is 1. The van der Waals surface area contributed by atoms with Crippen molar-refractivity contribution in [1.82, 2.24) is 15.1 Å². The molecule has 1 N–H and O–H groups in total. The SMILES string of the molecule is CCOCCCNC(=O)CC[C@H]1CN(Cc2cccc(OC)c2OC)CC[C@H]1N1CCN(c2ccccc2F)CC1. The average molecular weight is 571 g/mol. The Kier molecular flexibility index (Phi) is 12.1. The third-order valence-corrected chi connectivity index (χ3v) is 8.37. The van der Waals surface area contributed by atoms with Crippen LogP contribution in [0.5, 0.6) is 11.5 Å². The van der Waals surface area contributed by atoms with Crippen molar-refractivity contribution in [3.63, 3.8) is 0 Å². The fourth-order valence-electron chi connectivity index (χ4n) is 6.28. The fraction of sp³-hybridized carbons (Fsp3) is 0.594. The first-order valence-electron chi connectivity index (χ1n) is 15.0. The van der Waals surface area contributed by atoms with Gasteiger partial charge in [0, 0.05) is 77.1 Å². The van der Waals surface area contributed by atoms with Crippen molar-refractivity contribution in [3.8, 4) is 11.5 Å². The zero-order chi connectivity index (χ0) is 29.0. The lowest BCUT2D eigenvalue weighted by Gasteiger charge is -2.47. The van der Waals surface area contributed by atoms with Crippen molar-refractivity contribution in [3.05, 3.63) is 53.8 Å². The number of methoxy groups -OCH3 is 2. The Morgan fingerprint density at radius 2 is 1.83 bits per heavy atom. The van der Waals surface area contributed by atoms with Crippen LogP contribution in [-0.2, 0) is 16.1 Å². The lowest BCUT2D eigenvalue weighted by Crippen LogP contribution is -2.56. The minimum absolute atomic E-state index is 0.108. The highest BCUT2D eigenvalue weighted by Gasteiger charge is 2.35. The summed E-state index contributed by atoms with van der Waals surface area (Å²) < 4.78 is 31.0. The van der Waals surface area contributed by atoms with Gasteiger partial charge in [0.2, 0.25) is 5.91 Å². The van der Waals surface area contributed by atoms with Gasteiger partial charge >= 0.3 is 0 Å². The van der Waals surface area contributed by atoms with E-state index in [1.54, 1.807) is 20.3 Å². The minimum Gasteiger partial charge on any atom is -0.493 e. The van der Waals surface area contributed by atoms with Crippen molar-refractivity contribution in [1.29, 1.82) is 0 Å². The van der Waals surface area contributed by atoms with Crippen LogP contribution in [0.3, 0.4) is 0 Å². The first-order valence-corrected chi connectivity index (χ1v) is 15.0. The first kappa shape index (κ1) is 31.1. The second kappa shape index (κ2) is 15.9. The number of likely N-dealkylation sites (tertiary alicyclic amines) is 1. The minimum atomic E-state index is -0.160. The molecular weight excluding hydrogens is 523 g/mol. The molecule has 226 valence electrons. The third kappa shape index (κ3) is 8.56. The topological polar surface area (TPSA) is 66.5 Å². The Morgan fingerprint density at radius 3 is 2.56 bits per heavy atom. The maximum Gasteiger partial charge on any atom is 0.220 e. The van der Waals surface area contributed by atoms with E-state index in [4.69, 9.17) is 14.2 Å². The van der Waals surface area contributed by atoms with E-state index >= 15 is 0 Å². The second-order valence-electron chi connectivity index (χ2n) is 10.9. The molecule has 0 bridgehead atoms. The predicted molar refractivity (Wildman–Crippen MR) is 160 cm³/mol. The number of halogens is 1. The number of benzene rings is 2. The first-order chi connectivity index (χ1) is 20.0. The zero-order valence-corrected chi connectivity index (χ0v) is 24.9. The van der Waals surface area contributed by atoms with Gasteiger partial charge in [0.25, 0.3) is 0 Å². The lowest BCUT2D eigenvalue weighted by atomic mass is 9.86. The molecule has 0 unspecified atom stereocenters. The van der Waals surface area contributed by atoms with Crippen LogP contribution in [0.1, 0.15) is 38.2 Å². The van der Waals surface area contributed by atoms with E-state index < -0.39 is 0 Å². The van der Waals surface area contributed by atoms with Crippen LogP contribution in [-0.4, -0.2) is 95.0 Å². The highest BCUT2D eigenvalue weighted by molar-refractivity contribution is 5.75. The van der Waals surface area contributed by atoms with E-state index in [1.807, 2.05) is 31.2 Å². The van der Waals surface area contributed by atoms with Crippen LogP contribution in [0.2, 0.25) is 0 Å². The van der Waals surface area contributed by atoms with Crippen molar-refractivity contribution >= 4 is 11.6 Å². The third-order valence-electron chi connectivity index (χ3n) is 8.37. The fourth-order valence-corrected chi connectivity index (χ4v) is 6.28. The van der Waals surface area contributed by atoms with E-state index in [0.29, 0.717) is 43.8 Å². The van der Waals surface area contributed by atoms with E-state index in [2.05, 4.69) is 26.1 Å². The number of carbonyl (C=O) groups is 1. The Hall–Kier alpha value is -2.88. The number of hydrogen-bond donors (Lipinski definition) is 1. The van der Waals surface area contributed by atoms with Gasteiger partial charge in [-0.3, -0.25) is 14.6 Å². The summed E-state index contributed by atoms with van der Waals surface area (Å²) in [4.78, 5) is 19.9. The molecule has 2 atom stereocenters. The summed E-state index contributed by atoms with van der Waals surface area (Å²) in [6, 6.07) is 13.5. The highest BCUT2D eigenvalue weighted by Crippen LogP contribution is 2.34. The number of piperidine rings is 1. The van der Waals surface area contributed by atoms with Gasteiger partial charge in [0.1, 0.15) is 5.82 Å². The lowest BCUT2D eigenvalue weighted by molar-refractivity contribution is -0.121. The number of ether oxygens (including phenoxy) is 3. The molecule has 0 radical (unpaired) electrons. The Balaban J connectivity index is 1.39. The summed E-state index contributed by atoms with van der Waals surface area (Å²) in [5.41, 5.74) is 1.79. The quantitative estimate of drug-likeness (QED) is 0.342. The van der Waals surface area contributed by atoms with E-state index in [1.165, 1.54) is 6.07 Å². The Morgan fingerprint density at radius 1 is 1.02 bits per heavy atom. The average Bonchev–Trinajstić information content (AvgIpc) is 3.00. The molecule has 2 aliphatic heterocycles. The zero-order valence-electron chi connectivity index (χ0n) is 24.9. The van der Waals surface area contributed by atoms with Crippen molar-refractivity contribution < 1.29 is 23.4 Å². The molecule has 1 amide bonds. The number of amides is 1. The monoisotopic (exact) mass is 570 g/mol. The van der Waals surface area contributed by atoms with Gasteiger partial charge in [0.15, 0.2) is 11.5 Å². The molecule has 0 aromatic heterocycles. The van der Waals surface area contributed by atoms with Crippen molar-refractivity contribution in [2.75, 3.05) is 78.1 Å². The Bertz CT molecular complexity index is 1100. The number of anilines is 1. The number of piperazine rings is 1. The van der Waals surface area contributed by atoms with Gasteiger partial charge in [-0.25, -0.2) is 4.39 Å². The maximum absolute atomic E-state index is 14.4. The molecule has 2 aromatic carbocycles. The van der Waals surface area contributed by atoms with Crippen LogP contribution < -0.4 is 19.7 Å². The molecular formula is C32H47FN4O4. The number of rotatable bonds is 14. The molecule has 41 heavy (non-hydrogen) atoms. The molecule has 2 aromatic rings. The van der Waals surface area contributed by atoms with Gasteiger partial charge in [-0.2, -0.15) is 0 Å². The normalized spacial score (nSPS) is 20.1. The molecule has 4 rings (SSSR count). The van der Waals surface area contributed by atoms with Gasteiger partial charge in [-0.1, -0.05) is 24.3 Å². The number of nitrogens with zero attached hydrogens (tertiary/aromatic N) is 3. The van der Waals surface area contributed by atoms with E-state index in [-0.39, 0.29) is 11.7 Å². The molecule has 8 nitrogen and oxygen atoms in total. The smallest absolute Gasteiger partial charge is 0.220 e. The highest BCUT2D eigenvalue weighted by atomic mass is 19.1. The predicted octanol–water partition coefficient (Wildman–Crippen LogP) is 4.18. The van der Waals surface area contributed by atoms with Crippen LogP contribution >= 0.6 is 0 Å². The van der Waals surface area contributed by atoms with Crippen LogP contribution in [0.15, 0.2) is 42.5 Å². The second-order valence-corrected chi connectivity index (χ2v) is 10.9. The number of carbonyl (C=O) groups excluding carboxylic acids is 1. The summed E-state index contributed by atoms with van der Waals surface area (Å²) in [7, 11) is 3.35. The molecule has 2 heterocycles. The standard InChI is InChI=1S/C32H47FN4O4/c1-4-41-22-8-16-34-31(38)14-13-25-23-35(24-26-9-7-12-30(39-2)32(26)40-3)17-15-28(25)36-18-20-37(21-19-36)29-11-6-5-10-27(29)33/h5-7,9-12,25,28H,4,8,13-24H2,1-3H3,(H,34,38)/t25-,28+/m0/s1. The molecule has 2 aliphatic rings. The van der Waals surface area contributed by atoms with Gasteiger partial charge in [-0.05, 0) is 56.8 Å². The number of para-hydroxylation sites is 2. The summed E-state index contributed by atoms with van der Waals surface area (Å²) in [6.45, 7) is 10.0. The van der Waals surface area contributed by atoms with Gasteiger partial charge in [-0.15, -0.1) is 0 Å². The van der Waals surface area contributed by atoms with Crippen LogP contribution in [0.25, 0.3) is 0 Å². The Labute approximate surface area is 244 Å². The molecule has 0 spiro atoms. The molecule has 0 aliphatic carbocycles. The molecule has 2 fully saturated rings. The maximum atomic E-state index is 14.4. The largest absolute Gasteiger partial charge is 0.493 e. The van der Waals surface area contributed by atoms with Gasteiger partial charge < -0.3 is 24.4 Å². The summed E-state index contributed by atoms with van der Waals surface area (Å²) in [5, 5.41) is 3.06. The van der Waals surface area contributed by atoms with E-state index in [9.17, 15) is 9.18 Å². The summed E-state index contributed by atoms with van der Waals surface area (Å²) in [5.74, 6) is 1.83. The summed E-state index contributed by atoms with van der Waals surface area (Å²) in [6.07, 6.45) is 3.21. The van der Waals surface area contributed by atoms with E-state index in [0.717, 1.165) is 82.1 Å². The van der Waals surface area contributed by atoms with Crippen LogP contribution in [0, 0.1) is 11.7 Å². The molecule has 0 saturated carbocycles. The van der Waals surface area contributed by atoms with Crippen molar-refractivity contribution in [2.24, 2.45) is 5.92 Å². The summed E-state index contributed by atoms with van der Waals surface area (Å²) >= 11 is 0. The van der Waals surface area contributed by atoms with Crippen molar-refractivity contribution in [2.45, 2.75) is 45.2 Å². The number of hydrogen-bond acceptors (Lipinski definition) is 7. The molecule has 9 heteroatoms. The molecule has 2 saturated heterocycles. The van der Waals surface area contributed by atoms with Gasteiger partial charge in [0.05, 0.1) is 19.9 Å². The van der Waals surface area contributed by atoms with Crippen LogP contribution in [0.4, 0.5) is 10.1 Å².